The van der Waals surface area contributed by atoms with Crippen molar-refractivity contribution in [3.8, 4) is 0 Å². The van der Waals surface area contributed by atoms with E-state index >= 15 is 0 Å². The highest BCUT2D eigenvalue weighted by molar-refractivity contribution is 5.76. The Morgan fingerprint density at radius 1 is 1.38 bits per heavy atom. The number of nitrogens with one attached hydrogen (secondary N) is 1. The Kier molecular flexibility index (Phi) is 5.99. The fraction of sp³-hybridized carbons (Fsp3) is 0.786. The molecule has 1 heterocycles. The predicted molar refractivity (Wildman–Crippen MR) is 77.5 cm³/mol. The Morgan fingerprint density at radius 3 is 2.62 bits per heavy atom. The molecule has 0 saturated carbocycles. The molecule has 21 heavy (non-hydrogen) atoms. The van der Waals surface area contributed by atoms with Crippen molar-refractivity contribution in [1.82, 2.24) is 10.2 Å². The van der Waals surface area contributed by atoms with Gasteiger partial charge in [0.05, 0.1) is 5.41 Å². The van der Waals surface area contributed by atoms with E-state index in [9.17, 15) is 14.4 Å². The van der Waals surface area contributed by atoms with Crippen LogP contribution in [-0.2, 0) is 9.59 Å². The van der Waals surface area contributed by atoms with E-state index in [0.29, 0.717) is 32.5 Å². The third-order valence-electron chi connectivity index (χ3n) is 3.90. The Labute approximate surface area is 124 Å². The number of hydrogen-bond donors (Lipinski definition) is 3. The number of carboxylic acid groups (broad SMARTS) is 1. The SMILES string of the molecule is CC(C)(CCNC(=O)N1CCCC(CC(N)=O)C1)C(=O)O. The minimum atomic E-state index is -0.878. The number of nitrogens with two attached hydrogens (primary N) is 1. The molecule has 0 radical (unpaired) electrons. The molecule has 7 nitrogen and oxygen atoms in total. The van der Waals surface area contributed by atoms with Crippen molar-refractivity contribution >= 4 is 17.9 Å². The van der Waals surface area contributed by atoms with Crippen LogP contribution in [0.1, 0.15) is 39.5 Å². The number of hydrogen-bond acceptors (Lipinski definition) is 3. The van der Waals surface area contributed by atoms with Crippen molar-refractivity contribution in [2.24, 2.45) is 17.1 Å². The third-order valence-corrected chi connectivity index (χ3v) is 3.90. The second kappa shape index (κ2) is 7.28. The largest absolute Gasteiger partial charge is 0.481 e. The van der Waals surface area contributed by atoms with E-state index in [0.717, 1.165) is 12.8 Å². The van der Waals surface area contributed by atoms with Gasteiger partial charge in [-0.05, 0) is 39.0 Å². The second-order valence-corrected chi connectivity index (χ2v) is 6.30. The van der Waals surface area contributed by atoms with E-state index in [1.807, 2.05) is 0 Å². The summed E-state index contributed by atoms with van der Waals surface area (Å²) in [5.41, 5.74) is 4.33. The molecule has 1 unspecified atom stereocenters. The van der Waals surface area contributed by atoms with E-state index in [4.69, 9.17) is 10.8 Å². The molecular weight excluding hydrogens is 274 g/mol. The van der Waals surface area contributed by atoms with Gasteiger partial charge in [-0.15, -0.1) is 0 Å². The zero-order chi connectivity index (χ0) is 16.0. The van der Waals surface area contributed by atoms with Crippen LogP contribution in [0.5, 0.6) is 0 Å². The summed E-state index contributed by atoms with van der Waals surface area (Å²) in [7, 11) is 0. The fourth-order valence-electron chi connectivity index (χ4n) is 2.40. The summed E-state index contributed by atoms with van der Waals surface area (Å²) in [5, 5.41) is 11.8. The maximum absolute atomic E-state index is 12.0. The van der Waals surface area contributed by atoms with E-state index in [-0.39, 0.29) is 17.9 Å². The normalized spacial score (nSPS) is 19.1. The molecule has 7 heteroatoms. The number of nitrogens with zero attached hydrogens (tertiary/aromatic N) is 1. The highest BCUT2D eigenvalue weighted by Gasteiger charge is 2.28. The van der Waals surface area contributed by atoms with Gasteiger partial charge in [-0.25, -0.2) is 4.79 Å². The van der Waals surface area contributed by atoms with Crippen LogP contribution < -0.4 is 11.1 Å². The molecule has 0 aromatic heterocycles. The molecule has 1 rings (SSSR count). The lowest BCUT2D eigenvalue weighted by molar-refractivity contribution is -0.147. The number of amides is 3. The number of urea groups is 1. The number of primary amides is 1. The van der Waals surface area contributed by atoms with Gasteiger partial charge < -0.3 is 21.1 Å². The maximum atomic E-state index is 12.0. The van der Waals surface area contributed by atoms with Crippen molar-refractivity contribution in [1.29, 1.82) is 0 Å². The molecule has 1 saturated heterocycles. The lowest BCUT2D eigenvalue weighted by Crippen LogP contribution is -2.46. The maximum Gasteiger partial charge on any atom is 0.317 e. The Bertz CT molecular complexity index is 409. The fourth-order valence-corrected chi connectivity index (χ4v) is 2.40. The number of rotatable bonds is 6. The molecule has 1 atom stereocenters. The van der Waals surface area contributed by atoms with Gasteiger partial charge in [-0.2, -0.15) is 0 Å². The van der Waals surface area contributed by atoms with Gasteiger partial charge in [-0.3, -0.25) is 9.59 Å². The minimum Gasteiger partial charge on any atom is -0.481 e. The molecular formula is C14H25N3O4. The third kappa shape index (κ3) is 5.61. The van der Waals surface area contributed by atoms with Crippen LogP contribution in [-0.4, -0.2) is 47.5 Å². The minimum absolute atomic E-state index is 0.123. The number of likely N-dealkylation sites (tertiary alicyclic amines) is 1. The number of carboxylic acids is 1. The van der Waals surface area contributed by atoms with Gasteiger partial charge in [-0.1, -0.05) is 0 Å². The Morgan fingerprint density at radius 2 is 2.05 bits per heavy atom. The topological polar surface area (TPSA) is 113 Å². The summed E-state index contributed by atoms with van der Waals surface area (Å²) < 4.78 is 0. The van der Waals surface area contributed by atoms with Gasteiger partial charge in [0.1, 0.15) is 0 Å². The standard InChI is InChI=1S/C14H25N3O4/c1-14(2,12(19)20)5-6-16-13(21)17-7-3-4-10(9-17)8-11(15)18/h10H,3-9H2,1-2H3,(H2,15,18)(H,16,21)(H,19,20). The van der Waals surface area contributed by atoms with E-state index in [2.05, 4.69) is 5.32 Å². The molecule has 1 fully saturated rings. The zero-order valence-corrected chi connectivity index (χ0v) is 12.7. The summed E-state index contributed by atoms with van der Waals surface area (Å²) in [4.78, 5) is 35.6. The summed E-state index contributed by atoms with van der Waals surface area (Å²) in [5.74, 6) is -1.10. The van der Waals surface area contributed by atoms with Crippen LogP contribution in [0.25, 0.3) is 0 Å². The van der Waals surface area contributed by atoms with Gasteiger partial charge >= 0.3 is 12.0 Å². The van der Waals surface area contributed by atoms with Crippen LogP contribution >= 0.6 is 0 Å². The number of aliphatic carboxylic acids is 1. The molecule has 0 aromatic rings. The van der Waals surface area contributed by atoms with Gasteiger partial charge in [0, 0.05) is 26.1 Å². The van der Waals surface area contributed by atoms with Crippen molar-refractivity contribution < 1.29 is 19.5 Å². The lowest BCUT2D eigenvalue weighted by Gasteiger charge is -2.32. The van der Waals surface area contributed by atoms with Crippen LogP contribution in [0.3, 0.4) is 0 Å². The van der Waals surface area contributed by atoms with Gasteiger partial charge in [0.2, 0.25) is 5.91 Å². The summed E-state index contributed by atoms with van der Waals surface area (Å²) in [6.07, 6.45) is 2.42. The van der Waals surface area contributed by atoms with E-state index in [1.54, 1.807) is 18.7 Å². The second-order valence-electron chi connectivity index (χ2n) is 6.30. The average Bonchev–Trinajstić information content (AvgIpc) is 2.37. The monoisotopic (exact) mass is 299 g/mol. The lowest BCUT2D eigenvalue weighted by atomic mass is 9.90. The highest BCUT2D eigenvalue weighted by atomic mass is 16.4. The number of piperidine rings is 1. The molecule has 0 bridgehead atoms. The van der Waals surface area contributed by atoms with Crippen molar-refractivity contribution in [3.63, 3.8) is 0 Å². The Balaban J connectivity index is 2.38. The van der Waals surface area contributed by atoms with Gasteiger partial charge in [0.15, 0.2) is 0 Å². The first-order valence-corrected chi connectivity index (χ1v) is 7.27. The van der Waals surface area contributed by atoms with Crippen LogP contribution in [0.2, 0.25) is 0 Å². The van der Waals surface area contributed by atoms with Gasteiger partial charge in [0.25, 0.3) is 0 Å². The molecule has 4 N–H and O–H groups in total. The molecule has 120 valence electrons. The van der Waals surface area contributed by atoms with Crippen LogP contribution in [0.4, 0.5) is 4.79 Å². The van der Waals surface area contributed by atoms with Crippen molar-refractivity contribution in [2.75, 3.05) is 19.6 Å². The van der Waals surface area contributed by atoms with Crippen LogP contribution in [0.15, 0.2) is 0 Å². The van der Waals surface area contributed by atoms with Crippen LogP contribution in [0, 0.1) is 11.3 Å². The first kappa shape index (κ1) is 17.3. The summed E-state index contributed by atoms with van der Waals surface area (Å²) in [6.45, 7) is 4.76. The molecule has 1 aliphatic rings. The zero-order valence-electron chi connectivity index (χ0n) is 12.7. The average molecular weight is 299 g/mol. The molecule has 0 aliphatic carbocycles. The quantitative estimate of drug-likeness (QED) is 0.672. The number of carbonyl (C=O) groups excluding carboxylic acids is 2. The highest BCUT2D eigenvalue weighted by Crippen LogP contribution is 2.21. The first-order valence-electron chi connectivity index (χ1n) is 7.27. The molecule has 0 aromatic carbocycles. The Hall–Kier alpha value is -1.79. The molecule has 3 amide bonds. The number of carbonyl (C=O) groups is 3. The van der Waals surface area contributed by atoms with E-state index in [1.165, 1.54) is 0 Å². The van der Waals surface area contributed by atoms with E-state index < -0.39 is 11.4 Å². The van der Waals surface area contributed by atoms with Crippen molar-refractivity contribution in [3.05, 3.63) is 0 Å². The van der Waals surface area contributed by atoms with Crippen molar-refractivity contribution in [2.45, 2.75) is 39.5 Å². The molecule has 0 spiro atoms. The predicted octanol–water partition coefficient (Wildman–Crippen LogP) is 0.784. The summed E-state index contributed by atoms with van der Waals surface area (Å²) >= 11 is 0. The smallest absolute Gasteiger partial charge is 0.317 e. The first-order chi connectivity index (χ1) is 9.72. The summed E-state index contributed by atoms with van der Waals surface area (Å²) in [6, 6.07) is -0.203. The molecule has 1 aliphatic heterocycles.